The molecule has 7 nitrogen and oxygen atoms in total. The lowest BCUT2D eigenvalue weighted by Crippen LogP contribution is -2.42. The van der Waals surface area contributed by atoms with E-state index in [2.05, 4.69) is 12.6 Å². The van der Waals surface area contributed by atoms with Crippen molar-refractivity contribution in [1.29, 1.82) is 0 Å². The number of aliphatic hydroxyl groups is 1. The Morgan fingerprint density at radius 2 is 1.94 bits per heavy atom. The van der Waals surface area contributed by atoms with Gasteiger partial charge < -0.3 is 19.3 Å². The quantitative estimate of drug-likeness (QED) is 0.325. The van der Waals surface area contributed by atoms with E-state index in [1.807, 2.05) is 4.90 Å². The lowest BCUT2D eigenvalue weighted by atomic mass is 10.0. The van der Waals surface area contributed by atoms with E-state index in [-0.39, 0.29) is 45.8 Å². The van der Waals surface area contributed by atoms with Gasteiger partial charge in [-0.15, -0.1) is 12.6 Å². The molecule has 1 fully saturated rings. The number of thiol groups is 1. The Bertz CT molecular complexity index is 972. The minimum Gasteiger partial charge on any atom is -0.480 e. The van der Waals surface area contributed by atoms with Crippen LogP contribution >= 0.6 is 35.8 Å². The largest absolute Gasteiger partial charge is 0.480 e. The van der Waals surface area contributed by atoms with Crippen LogP contribution in [0.4, 0.5) is 0 Å². The molecule has 0 saturated carbocycles. The summed E-state index contributed by atoms with van der Waals surface area (Å²) < 4.78 is 15.5. The third-order valence-corrected chi connectivity index (χ3v) is 6.02. The predicted molar refractivity (Wildman–Crippen MR) is 124 cm³/mol. The van der Waals surface area contributed by atoms with Gasteiger partial charge in [0.25, 0.3) is 0 Å². The van der Waals surface area contributed by atoms with Crippen molar-refractivity contribution in [1.82, 2.24) is 4.90 Å². The van der Waals surface area contributed by atoms with Crippen molar-refractivity contribution >= 4 is 47.6 Å². The van der Waals surface area contributed by atoms with Crippen LogP contribution in [0.5, 0.6) is 5.75 Å². The van der Waals surface area contributed by atoms with E-state index in [0.717, 1.165) is 0 Å². The predicted octanol–water partition coefficient (Wildman–Crippen LogP) is 3.75. The smallest absolute Gasteiger partial charge is 0.344 e. The summed E-state index contributed by atoms with van der Waals surface area (Å²) >= 11 is 16.8. The Morgan fingerprint density at radius 1 is 1.22 bits per heavy atom. The van der Waals surface area contributed by atoms with Gasteiger partial charge in [-0.3, -0.25) is 9.69 Å². The third-order valence-electron chi connectivity index (χ3n) is 4.84. The number of aliphatic hydroxyl groups excluding tert-OH is 1. The van der Waals surface area contributed by atoms with Crippen LogP contribution in [0.25, 0.3) is 0 Å². The maximum absolute atomic E-state index is 13.0. The number of morpholine rings is 1. The van der Waals surface area contributed by atoms with Gasteiger partial charge in [-0.25, -0.2) is 4.79 Å². The van der Waals surface area contributed by atoms with Crippen LogP contribution in [0.2, 0.25) is 10.0 Å². The normalized spacial score (nSPS) is 17.6. The number of ether oxygens (including phenoxy) is 3. The van der Waals surface area contributed by atoms with Crippen LogP contribution in [0, 0.1) is 0 Å². The zero-order valence-corrected chi connectivity index (χ0v) is 19.7. The summed E-state index contributed by atoms with van der Waals surface area (Å²) in [5.74, 6) is -0.700. The number of rotatable bonds is 8. The summed E-state index contributed by atoms with van der Waals surface area (Å²) in [4.78, 5) is 26.3. The number of benzene rings is 2. The van der Waals surface area contributed by atoms with Crippen LogP contribution in [-0.2, 0) is 14.3 Å². The Labute approximate surface area is 201 Å². The molecule has 1 aliphatic heterocycles. The van der Waals surface area contributed by atoms with E-state index in [4.69, 9.17) is 37.4 Å². The monoisotopic (exact) mass is 499 g/mol. The molecule has 10 heteroatoms. The fourth-order valence-electron chi connectivity index (χ4n) is 3.20. The molecule has 172 valence electrons. The van der Waals surface area contributed by atoms with Gasteiger partial charge >= 0.3 is 5.97 Å². The number of halogens is 2. The molecular formula is C22H23Cl2NO6S. The first-order valence-corrected chi connectivity index (χ1v) is 11.2. The minimum atomic E-state index is -0.827. The maximum Gasteiger partial charge on any atom is 0.344 e. The average molecular weight is 500 g/mol. The Balaban J connectivity index is 1.71. The van der Waals surface area contributed by atoms with Gasteiger partial charge in [0.05, 0.1) is 18.2 Å². The fraction of sp³-hybridized carbons (Fsp3) is 0.364. The lowest BCUT2D eigenvalue weighted by molar-refractivity contribution is -0.145. The summed E-state index contributed by atoms with van der Waals surface area (Å²) in [5.41, 5.74) is 0.971. The zero-order valence-electron chi connectivity index (χ0n) is 17.3. The molecule has 1 saturated heterocycles. The molecule has 2 unspecified atom stereocenters. The van der Waals surface area contributed by atoms with Crippen LogP contribution in [0.15, 0.2) is 36.4 Å². The van der Waals surface area contributed by atoms with Gasteiger partial charge in [0.1, 0.15) is 22.4 Å². The number of esters is 1. The van der Waals surface area contributed by atoms with Gasteiger partial charge in [0.2, 0.25) is 0 Å². The van der Waals surface area contributed by atoms with Crippen molar-refractivity contribution in [2.75, 3.05) is 32.9 Å². The standard InChI is InChI=1S/C22H23Cl2NO6S/c1-2-29-17(26)12-31-16-8-7-15(19(23)20(16)24)21(27)13-3-5-14(6-4-13)22(28)25-9-10-30-18(32)11-25/h3-8,18,22,28,32H,2,9-12H2,1H3. The summed E-state index contributed by atoms with van der Waals surface area (Å²) in [6.07, 6.45) is -0.827. The molecule has 0 amide bonds. The molecule has 2 atom stereocenters. The SMILES string of the molecule is CCOC(=O)COc1ccc(C(=O)c2ccc(C(O)N3CCOC(S)C3)cc2)c(Cl)c1Cl. The zero-order chi connectivity index (χ0) is 23.3. The number of carbonyl (C=O) groups is 2. The molecule has 0 aliphatic carbocycles. The van der Waals surface area contributed by atoms with Crippen LogP contribution in [0.1, 0.15) is 34.6 Å². The number of nitrogens with zero attached hydrogens (tertiary/aromatic N) is 1. The third kappa shape index (κ3) is 5.95. The number of hydrogen-bond acceptors (Lipinski definition) is 8. The molecule has 3 rings (SSSR count). The average Bonchev–Trinajstić information content (AvgIpc) is 2.79. The van der Waals surface area contributed by atoms with Crippen molar-refractivity contribution in [2.45, 2.75) is 18.6 Å². The van der Waals surface area contributed by atoms with Crippen molar-refractivity contribution in [3.63, 3.8) is 0 Å². The number of hydrogen-bond donors (Lipinski definition) is 2. The Hall–Kier alpha value is -1.81. The molecule has 32 heavy (non-hydrogen) atoms. The van der Waals surface area contributed by atoms with E-state index in [9.17, 15) is 14.7 Å². The molecular weight excluding hydrogens is 477 g/mol. The van der Waals surface area contributed by atoms with E-state index in [1.54, 1.807) is 31.2 Å². The van der Waals surface area contributed by atoms with Gasteiger partial charge in [0.15, 0.2) is 12.4 Å². The van der Waals surface area contributed by atoms with Crippen LogP contribution < -0.4 is 4.74 Å². The van der Waals surface area contributed by atoms with Crippen molar-refractivity contribution < 1.29 is 28.9 Å². The molecule has 1 heterocycles. The van der Waals surface area contributed by atoms with Gasteiger partial charge in [-0.2, -0.15) is 0 Å². The molecule has 1 N–H and O–H groups in total. The van der Waals surface area contributed by atoms with E-state index < -0.39 is 12.2 Å². The fourth-order valence-corrected chi connectivity index (χ4v) is 3.98. The summed E-state index contributed by atoms with van der Waals surface area (Å²) in [7, 11) is 0. The highest BCUT2D eigenvalue weighted by Crippen LogP contribution is 2.36. The number of carbonyl (C=O) groups excluding carboxylic acids is 2. The minimum absolute atomic E-state index is 0.0234. The highest BCUT2D eigenvalue weighted by Gasteiger charge is 2.25. The maximum atomic E-state index is 13.0. The first-order chi connectivity index (χ1) is 15.3. The van der Waals surface area contributed by atoms with Gasteiger partial charge in [-0.1, -0.05) is 47.5 Å². The van der Waals surface area contributed by atoms with E-state index in [0.29, 0.717) is 30.8 Å². The lowest BCUT2D eigenvalue weighted by Gasteiger charge is -2.34. The highest BCUT2D eigenvalue weighted by molar-refractivity contribution is 7.80. The van der Waals surface area contributed by atoms with Crippen LogP contribution in [0.3, 0.4) is 0 Å². The molecule has 0 aromatic heterocycles. The van der Waals surface area contributed by atoms with Crippen molar-refractivity contribution in [3.8, 4) is 5.75 Å². The second-order valence-electron chi connectivity index (χ2n) is 6.98. The first kappa shape index (κ1) is 24.8. The second-order valence-corrected chi connectivity index (χ2v) is 8.31. The summed E-state index contributed by atoms with van der Waals surface area (Å²) in [6.45, 7) is 3.16. The summed E-state index contributed by atoms with van der Waals surface area (Å²) in [6, 6.07) is 9.58. The number of ketones is 1. The summed E-state index contributed by atoms with van der Waals surface area (Å²) in [5, 5.41) is 10.7. The molecule has 0 bridgehead atoms. The molecule has 1 aliphatic rings. The Morgan fingerprint density at radius 3 is 2.59 bits per heavy atom. The molecule has 0 spiro atoms. The van der Waals surface area contributed by atoms with Gasteiger partial charge in [0, 0.05) is 24.2 Å². The first-order valence-electron chi connectivity index (χ1n) is 9.94. The van der Waals surface area contributed by atoms with Crippen molar-refractivity contribution in [2.24, 2.45) is 0 Å². The van der Waals surface area contributed by atoms with E-state index >= 15 is 0 Å². The highest BCUT2D eigenvalue weighted by atomic mass is 35.5. The van der Waals surface area contributed by atoms with Crippen LogP contribution in [-0.4, -0.2) is 60.1 Å². The molecule has 2 aromatic carbocycles. The molecule has 0 radical (unpaired) electrons. The van der Waals surface area contributed by atoms with E-state index in [1.165, 1.54) is 12.1 Å². The van der Waals surface area contributed by atoms with Gasteiger partial charge in [-0.05, 0) is 24.6 Å². The Kier molecular flexibility index (Phi) is 8.81. The molecule has 2 aromatic rings. The van der Waals surface area contributed by atoms with Crippen molar-refractivity contribution in [3.05, 3.63) is 63.1 Å². The second kappa shape index (κ2) is 11.4. The topological polar surface area (TPSA) is 85.3 Å².